The van der Waals surface area contributed by atoms with Crippen LogP contribution in [0.1, 0.15) is 30.9 Å². The summed E-state index contributed by atoms with van der Waals surface area (Å²) in [5, 5.41) is 10.8. The van der Waals surface area contributed by atoms with Crippen molar-refractivity contribution < 1.29 is 20.4 Å². The molecule has 1 aromatic carbocycles. The van der Waals surface area contributed by atoms with E-state index in [2.05, 4.69) is 5.73 Å². The van der Waals surface area contributed by atoms with Crippen molar-refractivity contribution in [2.45, 2.75) is 25.3 Å². The molecule has 0 aliphatic rings. The highest BCUT2D eigenvalue weighted by Gasteiger charge is 2.11. The van der Waals surface area contributed by atoms with Crippen LogP contribution < -0.4 is 15.6 Å². The number of benzene rings is 1. The zero-order valence-corrected chi connectivity index (χ0v) is 10.5. The minimum atomic E-state index is -1.02. The molecule has 1 rings (SSSR count). The summed E-state index contributed by atoms with van der Waals surface area (Å²) >= 11 is 6.00. The van der Waals surface area contributed by atoms with Crippen molar-refractivity contribution in [2.75, 3.05) is 7.11 Å². The Balaban J connectivity index is 2.59. The minimum Gasteiger partial charge on any atom is -0.550 e. The second-order valence-corrected chi connectivity index (χ2v) is 4.26. The number of hydrogen-bond acceptors (Lipinski definition) is 3. The topological polar surface area (TPSA) is 77.0 Å². The normalized spacial score (nSPS) is 12.2. The molecule has 0 aromatic heterocycles. The number of ether oxygens (including phenoxy) is 1. The predicted octanol–water partition coefficient (Wildman–Crippen LogP) is 0.552. The Morgan fingerprint density at radius 3 is 2.82 bits per heavy atom. The number of aliphatic carboxylic acids is 1. The van der Waals surface area contributed by atoms with Crippen LogP contribution in [0.4, 0.5) is 0 Å². The molecule has 0 amide bonds. The number of carbonyl (C=O) groups excluding carboxylic acids is 1. The van der Waals surface area contributed by atoms with Crippen LogP contribution in [0, 0.1) is 0 Å². The Hall–Kier alpha value is -1.26. The first kappa shape index (κ1) is 13.8. The fraction of sp³-hybridized carbons (Fsp3) is 0.417. The molecule has 0 radical (unpaired) electrons. The number of methoxy groups -OCH3 is 1. The van der Waals surface area contributed by atoms with Crippen LogP contribution in [0.25, 0.3) is 0 Å². The largest absolute Gasteiger partial charge is 0.550 e. The van der Waals surface area contributed by atoms with Crippen molar-refractivity contribution in [1.29, 1.82) is 0 Å². The second kappa shape index (κ2) is 6.47. The van der Waals surface area contributed by atoms with Crippen molar-refractivity contribution in [3.8, 4) is 5.75 Å². The van der Waals surface area contributed by atoms with Crippen LogP contribution in [-0.4, -0.2) is 13.1 Å². The maximum Gasteiger partial charge on any atom is 0.137 e. The molecule has 0 spiro atoms. The average Bonchev–Trinajstić information content (AvgIpc) is 2.28. The van der Waals surface area contributed by atoms with E-state index >= 15 is 0 Å². The smallest absolute Gasteiger partial charge is 0.137 e. The van der Waals surface area contributed by atoms with Gasteiger partial charge in [-0.15, -0.1) is 0 Å². The molecular weight excluding hydrogens is 242 g/mol. The minimum absolute atomic E-state index is 0.0257. The van der Waals surface area contributed by atoms with Gasteiger partial charge in [0, 0.05) is 18.0 Å². The van der Waals surface area contributed by atoms with Crippen LogP contribution in [0.15, 0.2) is 18.2 Å². The van der Waals surface area contributed by atoms with E-state index in [1.807, 2.05) is 6.07 Å². The molecule has 1 atom stereocenters. The summed E-state index contributed by atoms with van der Waals surface area (Å²) in [5.41, 5.74) is 4.97. The Morgan fingerprint density at radius 1 is 1.59 bits per heavy atom. The number of carboxylic acids is 1. The lowest BCUT2D eigenvalue weighted by Gasteiger charge is -2.11. The number of halogens is 1. The van der Waals surface area contributed by atoms with Crippen molar-refractivity contribution in [2.24, 2.45) is 0 Å². The molecule has 0 bridgehead atoms. The van der Waals surface area contributed by atoms with Gasteiger partial charge in [-0.25, -0.2) is 0 Å². The quantitative estimate of drug-likeness (QED) is 0.809. The first-order valence-electron chi connectivity index (χ1n) is 5.41. The number of carboxylic acid groups (broad SMARTS) is 1. The number of carbonyl (C=O) groups is 1. The van der Waals surface area contributed by atoms with Crippen molar-refractivity contribution in [1.82, 2.24) is 0 Å². The van der Waals surface area contributed by atoms with E-state index in [4.69, 9.17) is 16.3 Å². The molecule has 4 nitrogen and oxygen atoms in total. The van der Waals surface area contributed by atoms with Gasteiger partial charge in [0.1, 0.15) is 11.8 Å². The van der Waals surface area contributed by atoms with Crippen LogP contribution in [-0.2, 0) is 4.79 Å². The zero-order chi connectivity index (χ0) is 12.8. The lowest BCUT2D eigenvalue weighted by Crippen LogP contribution is -2.53. The van der Waals surface area contributed by atoms with Crippen LogP contribution in [0.2, 0.25) is 5.02 Å². The molecule has 0 unspecified atom stereocenters. The van der Waals surface area contributed by atoms with E-state index in [1.165, 1.54) is 0 Å². The number of hydrogen-bond donors (Lipinski definition) is 1. The summed E-state index contributed by atoms with van der Waals surface area (Å²) in [6, 6.07) is 5.50. The highest BCUT2D eigenvalue weighted by Crippen LogP contribution is 2.27. The molecule has 3 N–H and O–H groups in total. The van der Waals surface area contributed by atoms with Crippen LogP contribution in [0.3, 0.4) is 0 Å². The third kappa shape index (κ3) is 4.24. The first-order valence-corrected chi connectivity index (χ1v) is 5.78. The molecule has 0 saturated heterocycles. The van der Waals surface area contributed by atoms with Crippen molar-refractivity contribution >= 4 is 17.6 Å². The lowest BCUT2D eigenvalue weighted by molar-refractivity contribution is -0.428. The van der Waals surface area contributed by atoms with Gasteiger partial charge in [-0.1, -0.05) is 11.6 Å². The summed E-state index contributed by atoms with van der Waals surface area (Å²) in [4.78, 5) is 10.3. The summed E-state index contributed by atoms with van der Waals surface area (Å²) in [7, 11) is 1.56. The molecule has 94 valence electrons. The molecule has 1 aromatic rings. The average molecular weight is 258 g/mol. The van der Waals surface area contributed by atoms with Gasteiger partial charge in [-0.3, -0.25) is 0 Å². The van der Waals surface area contributed by atoms with Gasteiger partial charge in [0.05, 0.1) is 12.1 Å². The molecular formula is C12H16ClNO3. The van der Waals surface area contributed by atoms with Crippen LogP contribution in [0.5, 0.6) is 5.75 Å². The third-order valence-electron chi connectivity index (χ3n) is 2.58. The molecule has 0 heterocycles. The molecule has 0 fully saturated rings. The van der Waals surface area contributed by atoms with Gasteiger partial charge in [0.15, 0.2) is 0 Å². The van der Waals surface area contributed by atoms with E-state index in [0.29, 0.717) is 23.6 Å². The highest BCUT2D eigenvalue weighted by molar-refractivity contribution is 6.32. The van der Waals surface area contributed by atoms with Gasteiger partial charge < -0.3 is 20.4 Å². The fourth-order valence-electron chi connectivity index (χ4n) is 1.60. The van der Waals surface area contributed by atoms with E-state index in [0.717, 1.165) is 5.56 Å². The number of rotatable bonds is 6. The van der Waals surface area contributed by atoms with E-state index in [-0.39, 0.29) is 12.5 Å². The number of quaternary nitrogens is 1. The van der Waals surface area contributed by atoms with Crippen LogP contribution >= 0.6 is 11.6 Å². The Bertz CT molecular complexity index is 395. The Kier molecular flexibility index (Phi) is 5.25. The summed E-state index contributed by atoms with van der Waals surface area (Å²) < 4.78 is 5.05. The fourth-order valence-corrected chi connectivity index (χ4v) is 1.86. The summed E-state index contributed by atoms with van der Waals surface area (Å²) in [6.45, 7) is 0. The van der Waals surface area contributed by atoms with Gasteiger partial charge in [-0.2, -0.15) is 0 Å². The molecule has 17 heavy (non-hydrogen) atoms. The van der Waals surface area contributed by atoms with Gasteiger partial charge >= 0.3 is 0 Å². The maximum absolute atomic E-state index is 10.3. The SMILES string of the molecule is COc1ccc([C@@H]([NH3+])CCCC(=O)[O-])cc1Cl. The van der Waals surface area contributed by atoms with Gasteiger partial charge in [0.2, 0.25) is 0 Å². The third-order valence-corrected chi connectivity index (χ3v) is 2.88. The monoisotopic (exact) mass is 257 g/mol. The van der Waals surface area contributed by atoms with E-state index in [9.17, 15) is 9.90 Å². The Labute approximate surface area is 105 Å². The molecule has 5 heteroatoms. The molecule has 0 aliphatic heterocycles. The molecule has 0 saturated carbocycles. The zero-order valence-electron chi connectivity index (χ0n) is 9.74. The Morgan fingerprint density at radius 2 is 2.29 bits per heavy atom. The highest BCUT2D eigenvalue weighted by atomic mass is 35.5. The second-order valence-electron chi connectivity index (χ2n) is 3.86. The van der Waals surface area contributed by atoms with Gasteiger partial charge in [-0.05, 0) is 31.0 Å². The van der Waals surface area contributed by atoms with E-state index in [1.54, 1.807) is 19.2 Å². The summed E-state index contributed by atoms with van der Waals surface area (Å²) in [5.74, 6) is -0.401. The maximum atomic E-state index is 10.3. The summed E-state index contributed by atoms with van der Waals surface area (Å²) in [6.07, 6.45) is 1.31. The van der Waals surface area contributed by atoms with Crippen molar-refractivity contribution in [3.05, 3.63) is 28.8 Å². The van der Waals surface area contributed by atoms with Gasteiger partial charge in [0.25, 0.3) is 0 Å². The van der Waals surface area contributed by atoms with E-state index < -0.39 is 5.97 Å². The lowest BCUT2D eigenvalue weighted by atomic mass is 10.0. The standard InChI is InChI=1S/C12H16ClNO3/c1-17-11-6-5-8(7-9(11)13)10(14)3-2-4-12(15)16/h5-7,10H,2-4,14H2,1H3,(H,15,16)/t10-/m0/s1. The molecule has 0 aliphatic carbocycles. The predicted molar refractivity (Wildman–Crippen MR) is 62.5 cm³/mol. The first-order chi connectivity index (χ1) is 8.04. The van der Waals surface area contributed by atoms with Crippen molar-refractivity contribution in [3.63, 3.8) is 0 Å².